The Balaban J connectivity index is 2.39. The van der Waals surface area contributed by atoms with Crippen molar-refractivity contribution in [1.82, 2.24) is 0 Å². The lowest BCUT2D eigenvalue weighted by molar-refractivity contribution is -0.0555. The summed E-state index contributed by atoms with van der Waals surface area (Å²) in [6.07, 6.45) is 3.67. The van der Waals surface area contributed by atoms with E-state index < -0.39 is 5.60 Å². The average molecular weight is 172 g/mol. The Kier molecular flexibility index (Phi) is 3.13. The fraction of sp³-hybridized carbons (Fsp3) is 1.00. The summed E-state index contributed by atoms with van der Waals surface area (Å²) in [6.45, 7) is 4.39. The first-order valence-electron chi connectivity index (χ1n) is 4.91. The highest BCUT2D eigenvalue weighted by Gasteiger charge is 2.33. The summed E-state index contributed by atoms with van der Waals surface area (Å²) < 4.78 is 0. The molecule has 0 aliphatic heterocycles. The number of rotatable bonds is 2. The lowest BCUT2D eigenvalue weighted by atomic mass is 9.75. The summed E-state index contributed by atoms with van der Waals surface area (Å²) in [4.78, 5) is 0. The molecule has 0 bridgehead atoms. The van der Waals surface area contributed by atoms with Crippen LogP contribution in [0.2, 0.25) is 0 Å². The molecule has 2 N–H and O–H groups in total. The van der Waals surface area contributed by atoms with Gasteiger partial charge in [0.2, 0.25) is 0 Å². The molecule has 0 unspecified atom stereocenters. The third kappa shape index (κ3) is 2.20. The first-order chi connectivity index (χ1) is 5.57. The van der Waals surface area contributed by atoms with Crippen molar-refractivity contribution < 1.29 is 10.2 Å². The van der Waals surface area contributed by atoms with E-state index in [4.69, 9.17) is 5.11 Å². The van der Waals surface area contributed by atoms with Crippen LogP contribution in [0.1, 0.15) is 39.5 Å². The first kappa shape index (κ1) is 10.0. The zero-order chi connectivity index (χ0) is 9.19. The standard InChI is InChI=1S/C10H20O2/c1-8(2)9-3-5-10(12,7-11)6-4-9/h8-9,11-12H,3-7H2,1-2H3/t9-,10+. The van der Waals surface area contributed by atoms with Gasteiger partial charge in [0.25, 0.3) is 0 Å². The van der Waals surface area contributed by atoms with Gasteiger partial charge in [0, 0.05) is 0 Å². The summed E-state index contributed by atoms with van der Waals surface area (Å²) in [5.41, 5.74) is -0.759. The number of aliphatic hydroxyl groups excluding tert-OH is 1. The van der Waals surface area contributed by atoms with Gasteiger partial charge in [-0.2, -0.15) is 0 Å². The molecule has 1 aliphatic carbocycles. The summed E-state index contributed by atoms with van der Waals surface area (Å²) in [5.74, 6) is 1.46. The van der Waals surface area contributed by atoms with Crippen molar-refractivity contribution in [2.75, 3.05) is 6.61 Å². The molecule has 1 saturated carbocycles. The molecule has 0 aromatic rings. The first-order valence-corrected chi connectivity index (χ1v) is 4.91. The van der Waals surface area contributed by atoms with Crippen LogP contribution in [-0.4, -0.2) is 22.4 Å². The van der Waals surface area contributed by atoms with Gasteiger partial charge in [0.15, 0.2) is 0 Å². The molecule has 0 aromatic carbocycles. The molecule has 0 saturated heterocycles. The topological polar surface area (TPSA) is 40.5 Å². The van der Waals surface area contributed by atoms with Gasteiger partial charge in [0.1, 0.15) is 0 Å². The summed E-state index contributed by atoms with van der Waals surface area (Å²) in [6, 6.07) is 0. The maximum Gasteiger partial charge on any atom is 0.0877 e. The van der Waals surface area contributed by atoms with E-state index in [1.807, 2.05) is 0 Å². The van der Waals surface area contributed by atoms with Crippen LogP contribution in [-0.2, 0) is 0 Å². The Labute approximate surface area is 74.6 Å². The van der Waals surface area contributed by atoms with Gasteiger partial charge >= 0.3 is 0 Å². The zero-order valence-electron chi connectivity index (χ0n) is 8.08. The summed E-state index contributed by atoms with van der Waals surface area (Å²) in [5, 5.41) is 18.7. The third-order valence-corrected chi connectivity index (χ3v) is 3.20. The van der Waals surface area contributed by atoms with Crippen LogP contribution in [0, 0.1) is 11.8 Å². The van der Waals surface area contributed by atoms with Crippen LogP contribution >= 0.6 is 0 Å². The molecule has 1 rings (SSSR count). The van der Waals surface area contributed by atoms with Crippen LogP contribution in [0.4, 0.5) is 0 Å². The van der Waals surface area contributed by atoms with E-state index in [-0.39, 0.29) is 6.61 Å². The molecule has 0 aromatic heterocycles. The molecule has 0 radical (unpaired) electrons. The minimum atomic E-state index is -0.759. The predicted octanol–water partition coefficient (Wildman–Crippen LogP) is 1.56. The zero-order valence-corrected chi connectivity index (χ0v) is 8.08. The molecule has 2 heteroatoms. The van der Waals surface area contributed by atoms with Gasteiger partial charge in [-0.1, -0.05) is 13.8 Å². The number of aliphatic hydroxyl groups is 2. The minimum Gasteiger partial charge on any atom is -0.393 e. The molecule has 0 atom stereocenters. The highest BCUT2D eigenvalue weighted by atomic mass is 16.3. The quantitative estimate of drug-likeness (QED) is 0.663. The third-order valence-electron chi connectivity index (χ3n) is 3.20. The molecule has 0 spiro atoms. The molecule has 1 fully saturated rings. The van der Waals surface area contributed by atoms with Crippen molar-refractivity contribution >= 4 is 0 Å². The van der Waals surface area contributed by atoms with Crippen molar-refractivity contribution in [2.45, 2.75) is 45.1 Å². The smallest absolute Gasteiger partial charge is 0.0877 e. The Morgan fingerprint density at radius 1 is 1.33 bits per heavy atom. The normalized spacial score (nSPS) is 37.2. The Morgan fingerprint density at radius 2 is 1.83 bits per heavy atom. The van der Waals surface area contributed by atoms with Crippen molar-refractivity contribution in [3.8, 4) is 0 Å². The SMILES string of the molecule is CC(C)[C@H]1CC[C@](O)(CO)CC1. The number of hydrogen-bond donors (Lipinski definition) is 2. The van der Waals surface area contributed by atoms with Crippen LogP contribution in [0.5, 0.6) is 0 Å². The van der Waals surface area contributed by atoms with Gasteiger partial charge in [-0.05, 0) is 37.5 Å². The van der Waals surface area contributed by atoms with Gasteiger partial charge in [-0.25, -0.2) is 0 Å². The van der Waals surface area contributed by atoms with Crippen molar-refractivity contribution in [1.29, 1.82) is 0 Å². The second-order valence-electron chi connectivity index (χ2n) is 4.46. The summed E-state index contributed by atoms with van der Waals surface area (Å²) in [7, 11) is 0. The minimum absolute atomic E-state index is 0.0716. The molecule has 0 amide bonds. The molecule has 0 heterocycles. The lowest BCUT2D eigenvalue weighted by Gasteiger charge is -2.36. The summed E-state index contributed by atoms with van der Waals surface area (Å²) >= 11 is 0. The second-order valence-corrected chi connectivity index (χ2v) is 4.46. The van der Waals surface area contributed by atoms with Crippen LogP contribution in [0.3, 0.4) is 0 Å². The van der Waals surface area contributed by atoms with Crippen LogP contribution in [0.15, 0.2) is 0 Å². The highest BCUT2D eigenvalue weighted by Crippen LogP contribution is 2.35. The molecule has 2 nitrogen and oxygen atoms in total. The predicted molar refractivity (Wildman–Crippen MR) is 48.8 cm³/mol. The van der Waals surface area contributed by atoms with Gasteiger partial charge in [-0.15, -0.1) is 0 Å². The molecular weight excluding hydrogens is 152 g/mol. The molecule has 72 valence electrons. The van der Waals surface area contributed by atoms with Crippen LogP contribution in [0.25, 0.3) is 0 Å². The van der Waals surface area contributed by atoms with Gasteiger partial charge < -0.3 is 10.2 Å². The Hall–Kier alpha value is -0.0800. The maximum absolute atomic E-state index is 9.73. The van der Waals surface area contributed by atoms with E-state index >= 15 is 0 Å². The van der Waals surface area contributed by atoms with Crippen molar-refractivity contribution in [3.63, 3.8) is 0 Å². The van der Waals surface area contributed by atoms with Crippen LogP contribution < -0.4 is 0 Å². The van der Waals surface area contributed by atoms with Crippen molar-refractivity contribution in [3.05, 3.63) is 0 Å². The Bertz CT molecular complexity index is 135. The monoisotopic (exact) mass is 172 g/mol. The van der Waals surface area contributed by atoms with Gasteiger partial charge in [0.05, 0.1) is 12.2 Å². The van der Waals surface area contributed by atoms with E-state index in [2.05, 4.69) is 13.8 Å². The van der Waals surface area contributed by atoms with E-state index in [1.165, 1.54) is 0 Å². The lowest BCUT2D eigenvalue weighted by Crippen LogP contribution is -2.38. The highest BCUT2D eigenvalue weighted by molar-refractivity contribution is 4.85. The van der Waals surface area contributed by atoms with Gasteiger partial charge in [-0.3, -0.25) is 0 Å². The number of hydrogen-bond acceptors (Lipinski definition) is 2. The molecule has 12 heavy (non-hydrogen) atoms. The van der Waals surface area contributed by atoms with E-state index in [9.17, 15) is 5.11 Å². The fourth-order valence-electron chi connectivity index (χ4n) is 2.00. The Morgan fingerprint density at radius 3 is 2.17 bits per heavy atom. The van der Waals surface area contributed by atoms with E-state index in [0.717, 1.165) is 31.6 Å². The average Bonchev–Trinajstić information content (AvgIpc) is 2.05. The van der Waals surface area contributed by atoms with E-state index in [1.54, 1.807) is 0 Å². The molecule has 1 aliphatic rings. The molecular formula is C10H20O2. The maximum atomic E-state index is 9.73. The van der Waals surface area contributed by atoms with E-state index in [0.29, 0.717) is 5.92 Å². The van der Waals surface area contributed by atoms with Crippen molar-refractivity contribution in [2.24, 2.45) is 11.8 Å². The fourth-order valence-corrected chi connectivity index (χ4v) is 2.00. The largest absolute Gasteiger partial charge is 0.393 e. The second kappa shape index (κ2) is 3.75.